The van der Waals surface area contributed by atoms with E-state index in [9.17, 15) is 18.8 Å². The van der Waals surface area contributed by atoms with Crippen molar-refractivity contribution in [3.8, 4) is 0 Å². The molecule has 0 radical (unpaired) electrons. The third kappa shape index (κ3) is 7.48. The molecule has 0 bridgehead atoms. The highest BCUT2D eigenvalue weighted by molar-refractivity contribution is 6.24. The Balaban J connectivity index is 1.39. The van der Waals surface area contributed by atoms with Crippen LogP contribution in [0.2, 0.25) is 0 Å². The van der Waals surface area contributed by atoms with Crippen LogP contribution in [0.1, 0.15) is 45.5 Å². The summed E-state index contributed by atoms with van der Waals surface area (Å²) < 4.78 is 18.1. The molecule has 3 aromatic carbocycles. The maximum atomic E-state index is 13.4. The first-order valence-corrected chi connectivity index (χ1v) is 11.9. The lowest BCUT2D eigenvalue weighted by Gasteiger charge is -2.09. The van der Waals surface area contributed by atoms with Crippen LogP contribution in [0.15, 0.2) is 78.9 Å². The largest absolute Gasteiger partial charge is 0.465 e. The quantitative estimate of drug-likeness (QED) is 0.253. The number of carbonyl (C=O) groups is 3. The zero-order valence-electron chi connectivity index (χ0n) is 20.4. The molecule has 0 aromatic heterocycles. The second-order valence-electron chi connectivity index (χ2n) is 8.72. The highest BCUT2D eigenvalue weighted by atomic mass is 19.1. The normalized spacial score (nSPS) is 13.3. The van der Waals surface area contributed by atoms with Crippen LogP contribution in [-0.2, 0) is 20.9 Å². The van der Waals surface area contributed by atoms with E-state index in [2.05, 4.69) is 10.6 Å². The van der Waals surface area contributed by atoms with Crippen LogP contribution in [0.3, 0.4) is 0 Å². The monoisotopic (exact) mass is 498 g/mol. The number of hydrogen-bond acceptors (Lipinski definition) is 4. The molecule has 3 aromatic rings. The lowest BCUT2D eigenvalue weighted by Crippen LogP contribution is -2.26. The Morgan fingerprint density at radius 3 is 2.32 bits per heavy atom. The van der Waals surface area contributed by atoms with Gasteiger partial charge in [0.05, 0.1) is 12.7 Å². The first-order valence-electron chi connectivity index (χ1n) is 11.9. The van der Waals surface area contributed by atoms with Crippen molar-refractivity contribution in [1.82, 2.24) is 10.6 Å². The second kappa shape index (κ2) is 11.9. The van der Waals surface area contributed by atoms with E-state index in [1.807, 2.05) is 30.3 Å². The smallest absolute Gasteiger partial charge is 0.337 e. The van der Waals surface area contributed by atoms with E-state index in [0.29, 0.717) is 16.7 Å². The number of nitrogens with one attached hydrogen (secondary N) is 2. The van der Waals surface area contributed by atoms with Gasteiger partial charge in [-0.2, -0.15) is 0 Å². The molecular formula is C30H27FN2O4. The fourth-order valence-corrected chi connectivity index (χ4v) is 3.62. The number of amides is 2. The molecular weight excluding hydrogens is 471 g/mol. The van der Waals surface area contributed by atoms with Crippen LogP contribution in [0.25, 0.3) is 17.7 Å². The minimum atomic E-state index is -0.431. The van der Waals surface area contributed by atoms with Gasteiger partial charge in [0.15, 0.2) is 0 Å². The molecule has 0 atom stereocenters. The van der Waals surface area contributed by atoms with Gasteiger partial charge < -0.3 is 15.4 Å². The topological polar surface area (TPSA) is 84.5 Å². The highest BCUT2D eigenvalue weighted by Crippen LogP contribution is 2.24. The van der Waals surface area contributed by atoms with Gasteiger partial charge in [0.25, 0.3) is 5.91 Å². The third-order valence-corrected chi connectivity index (χ3v) is 5.80. The molecule has 2 amide bonds. The molecule has 1 saturated carbocycles. The lowest BCUT2D eigenvalue weighted by molar-refractivity contribution is -0.117. The zero-order valence-corrected chi connectivity index (χ0v) is 20.4. The molecule has 37 heavy (non-hydrogen) atoms. The van der Waals surface area contributed by atoms with Crippen molar-refractivity contribution in [3.05, 3.63) is 113 Å². The van der Waals surface area contributed by atoms with Crippen molar-refractivity contribution < 1.29 is 23.5 Å². The van der Waals surface area contributed by atoms with E-state index in [1.54, 1.807) is 42.5 Å². The number of benzene rings is 3. The predicted molar refractivity (Wildman–Crippen MR) is 141 cm³/mol. The molecule has 0 unspecified atom stereocenters. The van der Waals surface area contributed by atoms with Crippen LogP contribution in [0.4, 0.5) is 4.39 Å². The number of esters is 1. The van der Waals surface area contributed by atoms with Gasteiger partial charge in [0.2, 0.25) is 5.91 Å². The van der Waals surface area contributed by atoms with Crippen molar-refractivity contribution in [2.24, 2.45) is 0 Å². The zero-order chi connectivity index (χ0) is 26.2. The molecule has 0 spiro atoms. The number of halogens is 1. The maximum absolute atomic E-state index is 13.4. The van der Waals surface area contributed by atoms with Crippen molar-refractivity contribution >= 4 is 35.5 Å². The van der Waals surface area contributed by atoms with E-state index in [1.165, 1.54) is 25.3 Å². The average Bonchev–Trinajstić information content (AvgIpc) is 3.74. The molecule has 7 heteroatoms. The number of rotatable bonds is 9. The SMILES string of the molecule is COC(=O)c1cccc(CNC(=O)C=Cc2ccc(C=C(C(=O)NC3CC3)c3ccc(F)cc3)cc2)c1. The summed E-state index contributed by atoms with van der Waals surface area (Å²) in [5, 5.41) is 5.77. The van der Waals surface area contributed by atoms with Gasteiger partial charge in [0, 0.05) is 24.2 Å². The van der Waals surface area contributed by atoms with Crippen molar-refractivity contribution in [1.29, 1.82) is 0 Å². The van der Waals surface area contributed by atoms with Gasteiger partial charge in [-0.15, -0.1) is 0 Å². The second-order valence-corrected chi connectivity index (χ2v) is 8.72. The van der Waals surface area contributed by atoms with E-state index < -0.39 is 5.97 Å². The highest BCUT2D eigenvalue weighted by Gasteiger charge is 2.25. The van der Waals surface area contributed by atoms with Crippen LogP contribution in [-0.4, -0.2) is 30.9 Å². The number of carbonyl (C=O) groups excluding carboxylic acids is 3. The van der Waals surface area contributed by atoms with Crippen molar-refractivity contribution in [2.75, 3.05) is 7.11 Å². The molecule has 1 aliphatic carbocycles. The first-order chi connectivity index (χ1) is 17.9. The molecule has 0 aliphatic heterocycles. The summed E-state index contributed by atoms with van der Waals surface area (Å²) in [6.07, 6.45) is 6.83. The summed E-state index contributed by atoms with van der Waals surface area (Å²) in [5.41, 5.74) is 3.92. The standard InChI is InChI=1S/C30H27FN2O4/c1-37-30(36)24-4-2-3-22(17-24)19-32-28(34)16-9-20-5-7-21(8-6-20)18-27(29(35)33-26-14-15-26)23-10-12-25(31)13-11-23/h2-13,16-18,26H,14-15,19H2,1H3,(H,32,34)(H,33,35). The molecule has 2 N–H and O–H groups in total. The van der Waals surface area contributed by atoms with E-state index in [4.69, 9.17) is 4.74 Å². The Bertz CT molecular complexity index is 1340. The number of hydrogen-bond donors (Lipinski definition) is 2. The predicted octanol–water partition coefficient (Wildman–Crippen LogP) is 4.76. The molecule has 188 valence electrons. The minimum absolute atomic E-state index is 0.188. The van der Waals surface area contributed by atoms with Gasteiger partial charge in [-0.3, -0.25) is 9.59 Å². The van der Waals surface area contributed by atoms with Gasteiger partial charge >= 0.3 is 5.97 Å². The summed E-state index contributed by atoms with van der Waals surface area (Å²) in [7, 11) is 1.32. The Hall–Kier alpha value is -4.52. The van der Waals surface area contributed by atoms with Gasteiger partial charge in [-0.05, 0) is 71.5 Å². The van der Waals surface area contributed by atoms with Crippen LogP contribution in [0.5, 0.6) is 0 Å². The number of ether oxygens (including phenoxy) is 1. The average molecular weight is 499 g/mol. The third-order valence-electron chi connectivity index (χ3n) is 5.80. The fraction of sp³-hybridized carbons (Fsp3) is 0.167. The summed E-state index contributed by atoms with van der Waals surface area (Å²) >= 11 is 0. The van der Waals surface area contributed by atoms with Crippen molar-refractivity contribution in [2.45, 2.75) is 25.4 Å². The Kier molecular flexibility index (Phi) is 8.26. The van der Waals surface area contributed by atoms with Crippen LogP contribution >= 0.6 is 0 Å². The lowest BCUT2D eigenvalue weighted by atomic mass is 10.0. The van der Waals surface area contributed by atoms with E-state index >= 15 is 0 Å². The summed E-state index contributed by atoms with van der Waals surface area (Å²) in [6, 6.07) is 20.3. The van der Waals surface area contributed by atoms with E-state index in [0.717, 1.165) is 29.5 Å². The summed E-state index contributed by atoms with van der Waals surface area (Å²) in [5.74, 6) is -1.25. The number of methoxy groups -OCH3 is 1. The van der Waals surface area contributed by atoms with Gasteiger partial charge in [0.1, 0.15) is 5.82 Å². The Morgan fingerprint density at radius 1 is 0.946 bits per heavy atom. The van der Waals surface area contributed by atoms with E-state index in [-0.39, 0.29) is 30.2 Å². The van der Waals surface area contributed by atoms with Gasteiger partial charge in [-0.25, -0.2) is 9.18 Å². The first kappa shape index (κ1) is 25.6. The molecule has 1 fully saturated rings. The molecule has 0 heterocycles. The maximum Gasteiger partial charge on any atom is 0.337 e. The Labute approximate surface area is 214 Å². The van der Waals surface area contributed by atoms with Crippen LogP contribution < -0.4 is 10.6 Å². The summed E-state index contributed by atoms with van der Waals surface area (Å²) in [6.45, 7) is 0.271. The van der Waals surface area contributed by atoms with Gasteiger partial charge in [-0.1, -0.05) is 48.5 Å². The van der Waals surface area contributed by atoms with Crippen LogP contribution in [0, 0.1) is 5.82 Å². The minimum Gasteiger partial charge on any atom is -0.465 e. The molecule has 6 nitrogen and oxygen atoms in total. The van der Waals surface area contributed by atoms with Crippen molar-refractivity contribution in [3.63, 3.8) is 0 Å². The molecule has 4 rings (SSSR count). The summed E-state index contributed by atoms with van der Waals surface area (Å²) in [4.78, 5) is 36.7. The molecule has 1 aliphatic rings. The fourth-order valence-electron chi connectivity index (χ4n) is 3.62. The Morgan fingerprint density at radius 2 is 1.65 bits per heavy atom. The molecule has 0 saturated heterocycles.